The fraction of sp³-hybridized carbons (Fsp3) is 0.250. The largest absolute Gasteiger partial charge is 0.465 e. The quantitative estimate of drug-likeness (QED) is 0.444. The number of hydrogen-bond donors (Lipinski definition) is 1. The van der Waals surface area contributed by atoms with Gasteiger partial charge < -0.3 is 14.5 Å². The van der Waals surface area contributed by atoms with Crippen molar-refractivity contribution in [3.63, 3.8) is 0 Å². The second-order valence-corrected chi connectivity index (χ2v) is 8.66. The average Bonchev–Trinajstić information content (AvgIpc) is 3.34. The Balaban J connectivity index is 1.47. The Morgan fingerprint density at radius 1 is 1.13 bits per heavy atom. The highest BCUT2D eigenvalue weighted by molar-refractivity contribution is 7.17. The van der Waals surface area contributed by atoms with E-state index >= 15 is 0 Å². The lowest BCUT2D eigenvalue weighted by molar-refractivity contribution is -0.115. The van der Waals surface area contributed by atoms with Gasteiger partial charge >= 0.3 is 5.97 Å². The minimum atomic E-state index is -0.385. The van der Waals surface area contributed by atoms with Crippen molar-refractivity contribution in [3.05, 3.63) is 64.2 Å². The van der Waals surface area contributed by atoms with E-state index in [-0.39, 0.29) is 18.3 Å². The van der Waals surface area contributed by atoms with Crippen LogP contribution in [0.15, 0.2) is 47.1 Å². The van der Waals surface area contributed by atoms with E-state index in [0.717, 1.165) is 58.6 Å². The van der Waals surface area contributed by atoms with Crippen LogP contribution in [0.3, 0.4) is 0 Å². The molecule has 0 spiro atoms. The maximum atomic E-state index is 12.9. The molecule has 5 nitrogen and oxygen atoms in total. The monoisotopic (exact) mass is 419 g/mol. The van der Waals surface area contributed by atoms with Gasteiger partial charge in [-0.15, -0.1) is 11.3 Å². The molecule has 0 fully saturated rings. The standard InChI is InChI=1S/C24H21NO4S/c1-28-24(27)22-17-8-4-5-9-19(17)30-23(22)25-20(26)12-15-13-29-18-11-10-14-6-2-3-7-16(14)21(15)18/h2-3,6-7,10-11,13H,4-5,8-9,12H2,1H3,(H,25,26). The number of carbonyl (C=O) groups is 2. The van der Waals surface area contributed by atoms with Gasteiger partial charge in [0.1, 0.15) is 10.6 Å². The number of rotatable bonds is 4. The lowest BCUT2D eigenvalue weighted by Crippen LogP contribution is -2.16. The summed E-state index contributed by atoms with van der Waals surface area (Å²) in [6.07, 6.45) is 5.77. The first-order valence-corrected chi connectivity index (χ1v) is 10.9. The Morgan fingerprint density at radius 3 is 2.83 bits per heavy atom. The lowest BCUT2D eigenvalue weighted by Gasteiger charge is -2.11. The van der Waals surface area contributed by atoms with Crippen LogP contribution >= 0.6 is 11.3 Å². The summed E-state index contributed by atoms with van der Waals surface area (Å²) in [5.74, 6) is -0.557. The highest BCUT2D eigenvalue weighted by atomic mass is 32.1. The number of benzene rings is 2. The molecule has 2 aromatic carbocycles. The molecular formula is C24H21NO4S. The number of carbonyl (C=O) groups excluding carboxylic acids is 2. The summed E-state index contributed by atoms with van der Waals surface area (Å²) >= 11 is 1.50. The molecule has 5 rings (SSSR count). The number of esters is 1. The van der Waals surface area contributed by atoms with Gasteiger partial charge in [0.05, 0.1) is 25.4 Å². The van der Waals surface area contributed by atoms with Crippen LogP contribution in [0, 0.1) is 0 Å². The smallest absolute Gasteiger partial charge is 0.341 e. The summed E-state index contributed by atoms with van der Waals surface area (Å²) in [5.41, 5.74) is 3.15. The van der Waals surface area contributed by atoms with Crippen LogP contribution in [0.5, 0.6) is 0 Å². The van der Waals surface area contributed by atoms with E-state index in [1.165, 1.54) is 23.3 Å². The first kappa shape index (κ1) is 18.9. The van der Waals surface area contributed by atoms with Crippen LogP contribution in [0.4, 0.5) is 5.00 Å². The Hall–Kier alpha value is -3.12. The predicted octanol–water partition coefficient (Wildman–Crippen LogP) is 5.49. The van der Waals surface area contributed by atoms with Gasteiger partial charge in [0.15, 0.2) is 0 Å². The van der Waals surface area contributed by atoms with E-state index in [2.05, 4.69) is 5.32 Å². The second-order valence-electron chi connectivity index (χ2n) is 7.55. The number of ether oxygens (including phenoxy) is 1. The Kier molecular flexibility index (Phi) is 4.79. The minimum Gasteiger partial charge on any atom is -0.465 e. The molecule has 2 aromatic heterocycles. The fourth-order valence-corrected chi connectivity index (χ4v) is 5.61. The Morgan fingerprint density at radius 2 is 1.97 bits per heavy atom. The van der Waals surface area contributed by atoms with E-state index in [4.69, 9.17) is 9.15 Å². The van der Waals surface area contributed by atoms with E-state index in [9.17, 15) is 9.59 Å². The third-order valence-electron chi connectivity index (χ3n) is 5.70. The second kappa shape index (κ2) is 7.61. The van der Waals surface area contributed by atoms with Crippen molar-refractivity contribution >= 4 is 50.0 Å². The number of furan rings is 1. The number of methoxy groups -OCH3 is 1. The van der Waals surface area contributed by atoms with Gasteiger partial charge in [-0.25, -0.2) is 4.79 Å². The van der Waals surface area contributed by atoms with Crippen LogP contribution in [-0.2, 0) is 28.8 Å². The molecule has 4 aromatic rings. The number of anilines is 1. The lowest BCUT2D eigenvalue weighted by atomic mass is 9.95. The molecule has 0 bridgehead atoms. The molecule has 0 unspecified atom stereocenters. The van der Waals surface area contributed by atoms with Crippen molar-refractivity contribution < 1.29 is 18.7 Å². The van der Waals surface area contributed by atoms with Crippen molar-refractivity contribution in [2.45, 2.75) is 32.1 Å². The van der Waals surface area contributed by atoms with Crippen LogP contribution < -0.4 is 5.32 Å². The van der Waals surface area contributed by atoms with Crippen LogP contribution in [0.25, 0.3) is 21.7 Å². The summed E-state index contributed by atoms with van der Waals surface area (Å²) in [6, 6.07) is 12.0. The van der Waals surface area contributed by atoms with Crippen molar-refractivity contribution in [1.82, 2.24) is 0 Å². The maximum absolute atomic E-state index is 12.9. The molecule has 1 N–H and O–H groups in total. The number of hydrogen-bond acceptors (Lipinski definition) is 5. The molecule has 1 amide bonds. The molecule has 2 heterocycles. The number of aryl methyl sites for hydroxylation is 1. The molecule has 0 saturated heterocycles. The van der Waals surface area contributed by atoms with Gasteiger partial charge in [0, 0.05) is 15.8 Å². The summed E-state index contributed by atoms with van der Waals surface area (Å²) in [5, 5.41) is 6.69. The van der Waals surface area contributed by atoms with Gasteiger partial charge in [-0.1, -0.05) is 30.3 Å². The first-order valence-electron chi connectivity index (χ1n) is 10.1. The van der Waals surface area contributed by atoms with E-state index in [0.29, 0.717) is 10.6 Å². The van der Waals surface area contributed by atoms with Crippen molar-refractivity contribution in [1.29, 1.82) is 0 Å². The van der Waals surface area contributed by atoms with Crippen molar-refractivity contribution in [2.24, 2.45) is 0 Å². The zero-order valence-electron chi connectivity index (χ0n) is 16.6. The van der Waals surface area contributed by atoms with Crippen LogP contribution in [-0.4, -0.2) is 19.0 Å². The van der Waals surface area contributed by atoms with Gasteiger partial charge in [0.2, 0.25) is 5.91 Å². The molecular weight excluding hydrogens is 398 g/mol. The predicted molar refractivity (Wildman–Crippen MR) is 118 cm³/mol. The number of nitrogens with one attached hydrogen (secondary N) is 1. The summed E-state index contributed by atoms with van der Waals surface area (Å²) in [7, 11) is 1.38. The van der Waals surface area contributed by atoms with Gasteiger partial charge in [0.25, 0.3) is 0 Å². The molecule has 0 radical (unpaired) electrons. The molecule has 152 valence electrons. The third-order valence-corrected chi connectivity index (χ3v) is 6.91. The van der Waals surface area contributed by atoms with Crippen LogP contribution in [0.2, 0.25) is 0 Å². The van der Waals surface area contributed by atoms with E-state index in [1.807, 2.05) is 36.4 Å². The van der Waals surface area contributed by atoms with Crippen LogP contribution in [0.1, 0.15) is 39.2 Å². The summed E-state index contributed by atoms with van der Waals surface area (Å²) in [4.78, 5) is 26.5. The highest BCUT2D eigenvalue weighted by Gasteiger charge is 2.27. The van der Waals surface area contributed by atoms with E-state index in [1.54, 1.807) is 6.26 Å². The maximum Gasteiger partial charge on any atom is 0.341 e. The number of fused-ring (bicyclic) bond motifs is 4. The minimum absolute atomic E-state index is 0.171. The zero-order chi connectivity index (χ0) is 20.7. The molecule has 30 heavy (non-hydrogen) atoms. The Bertz CT molecular complexity index is 1280. The molecule has 1 aliphatic rings. The molecule has 1 aliphatic carbocycles. The number of thiophene rings is 1. The molecule has 0 atom stereocenters. The SMILES string of the molecule is COC(=O)c1c(NC(=O)Cc2coc3ccc4ccccc4c23)sc2c1CCCC2. The topological polar surface area (TPSA) is 68.5 Å². The van der Waals surface area contributed by atoms with Gasteiger partial charge in [-0.3, -0.25) is 4.79 Å². The van der Waals surface area contributed by atoms with Gasteiger partial charge in [-0.2, -0.15) is 0 Å². The molecule has 6 heteroatoms. The fourth-order valence-electron chi connectivity index (χ4n) is 4.32. The summed E-state index contributed by atoms with van der Waals surface area (Å²) < 4.78 is 10.7. The average molecular weight is 420 g/mol. The van der Waals surface area contributed by atoms with Gasteiger partial charge in [-0.05, 0) is 48.1 Å². The number of amides is 1. The van der Waals surface area contributed by atoms with Crippen molar-refractivity contribution in [2.75, 3.05) is 12.4 Å². The highest BCUT2D eigenvalue weighted by Crippen LogP contribution is 2.39. The van der Waals surface area contributed by atoms with E-state index < -0.39 is 0 Å². The normalized spacial score (nSPS) is 13.4. The van der Waals surface area contributed by atoms with Crippen molar-refractivity contribution in [3.8, 4) is 0 Å². The Labute approximate surface area is 177 Å². The summed E-state index contributed by atoms with van der Waals surface area (Å²) in [6.45, 7) is 0. The molecule has 0 saturated carbocycles. The zero-order valence-corrected chi connectivity index (χ0v) is 17.4. The molecule has 0 aliphatic heterocycles. The first-order chi connectivity index (χ1) is 14.7. The third kappa shape index (κ3) is 3.17.